The first-order valence-corrected chi connectivity index (χ1v) is 9.33. The normalized spacial score (nSPS) is 24.3. The number of amides is 3. The van der Waals surface area contributed by atoms with E-state index in [1.165, 1.54) is 7.11 Å². The van der Waals surface area contributed by atoms with Crippen molar-refractivity contribution in [3.8, 4) is 0 Å². The molecule has 3 amide bonds. The van der Waals surface area contributed by atoms with Gasteiger partial charge in [0, 0.05) is 13.5 Å². The molecule has 0 aromatic carbocycles. The minimum absolute atomic E-state index is 0.0563. The molecule has 0 unspecified atom stereocenters. The van der Waals surface area contributed by atoms with Gasteiger partial charge in [0.15, 0.2) is 11.5 Å². The summed E-state index contributed by atoms with van der Waals surface area (Å²) in [5.41, 5.74) is 7.92. The molecular weight excluding hydrogens is 412 g/mol. The minimum atomic E-state index is -1.81. The first-order valence-electron chi connectivity index (χ1n) is 8.28. The van der Waals surface area contributed by atoms with E-state index >= 15 is 0 Å². The maximum absolute atomic E-state index is 12.7. The summed E-state index contributed by atoms with van der Waals surface area (Å²) in [5, 5.41) is 19.7. The number of rotatable bonds is 9. The zero-order chi connectivity index (χ0) is 21.9. The van der Waals surface area contributed by atoms with Crippen LogP contribution in [0.5, 0.6) is 0 Å². The predicted molar refractivity (Wildman–Crippen MR) is 95.8 cm³/mol. The highest BCUT2D eigenvalue weighted by Crippen LogP contribution is 2.46. The highest BCUT2D eigenvalue weighted by Gasteiger charge is 2.67. The number of fused-ring (bicyclic) bond motifs is 1. The lowest BCUT2D eigenvalue weighted by atomic mass is 9.99. The number of primary amides is 1. The second kappa shape index (κ2) is 8.67. The van der Waals surface area contributed by atoms with Crippen molar-refractivity contribution in [2.24, 2.45) is 11.5 Å². The van der Waals surface area contributed by atoms with Crippen LogP contribution in [0.15, 0.2) is 11.5 Å². The summed E-state index contributed by atoms with van der Waals surface area (Å²) >= 11 is 1.01. The van der Waals surface area contributed by atoms with Crippen molar-refractivity contribution < 1.29 is 43.7 Å². The van der Waals surface area contributed by atoms with Crippen molar-refractivity contribution in [1.82, 2.24) is 10.2 Å². The Morgan fingerprint density at radius 2 is 2.03 bits per heavy atom. The lowest BCUT2D eigenvalue weighted by molar-refractivity contribution is -0.193. The van der Waals surface area contributed by atoms with Crippen molar-refractivity contribution in [2.45, 2.75) is 36.4 Å². The van der Waals surface area contributed by atoms with Crippen molar-refractivity contribution in [3.05, 3.63) is 11.5 Å². The second-order valence-electron chi connectivity index (χ2n) is 6.16. The summed E-state index contributed by atoms with van der Waals surface area (Å²) in [6.07, 6.45) is -1.13. The van der Waals surface area contributed by atoms with E-state index in [-0.39, 0.29) is 30.8 Å². The molecule has 14 heteroatoms. The van der Waals surface area contributed by atoms with E-state index in [0.717, 1.165) is 16.7 Å². The monoisotopic (exact) mass is 432 g/mol. The number of aliphatic carboxylic acids is 2. The zero-order valence-electron chi connectivity index (χ0n) is 15.2. The molecule has 1 saturated heterocycles. The minimum Gasteiger partial charge on any atom is -0.480 e. The van der Waals surface area contributed by atoms with E-state index in [2.05, 4.69) is 10.1 Å². The lowest BCUT2D eigenvalue weighted by Gasteiger charge is -2.55. The Morgan fingerprint density at radius 1 is 1.38 bits per heavy atom. The Hall–Kier alpha value is -2.84. The van der Waals surface area contributed by atoms with Gasteiger partial charge in [-0.2, -0.15) is 0 Å². The quantitative estimate of drug-likeness (QED) is 0.205. The van der Waals surface area contributed by atoms with Gasteiger partial charge >= 0.3 is 18.0 Å². The molecule has 0 bridgehead atoms. The number of methoxy groups -OCH3 is 1. The molecule has 2 heterocycles. The molecule has 2 aliphatic rings. The van der Waals surface area contributed by atoms with Crippen LogP contribution < -0.4 is 16.8 Å². The number of thioether (sulfide) groups is 1. The van der Waals surface area contributed by atoms with Crippen molar-refractivity contribution in [2.75, 3.05) is 12.9 Å². The van der Waals surface area contributed by atoms with Gasteiger partial charge in [0.1, 0.15) is 11.4 Å². The largest absolute Gasteiger partial charge is 0.480 e. The maximum atomic E-state index is 12.7. The number of carboxylic acids is 2. The molecule has 7 N–H and O–H groups in total. The molecule has 160 valence electrons. The average Bonchev–Trinajstić information content (AvgIpc) is 2.64. The molecule has 2 aliphatic heterocycles. The van der Waals surface area contributed by atoms with Gasteiger partial charge in [-0.15, -0.1) is 11.8 Å². The molecule has 0 aromatic rings. The van der Waals surface area contributed by atoms with Crippen LogP contribution in [0.3, 0.4) is 0 Å². The van der Waals surface area contributed by atoms with E-state index in [4.69, 9.17) is 21.3 Å². The predicted octanol–water partition coefficient (Wildman–Crippen LogP) is -1.67. The molecular formula is C15H20N4O9S. The van der Waals surface area contributed by atoms with Gasteiger partial charge in [-0.05, 0) is 12.8 Å². The van der Waals surface area contributed by atoms with Gasteiger partial charge in [0.2, 0.25) is 5.91 Å². The van der Waals surface area contributed by atoms with Gasteiger partial charge in [-0.1, -0.05) is 0 Å². The number of nitrogens with two attached hydrogens (primary N) is 2. The number of nitrogens with zero attached hydrogens (tertiary/aromatic N) is 1. The van der Waals surface area contributed by atoms with Crippen molar-refractivity contribution in [1.29, 1.82) is 0 Å². The Morgan fingerprint density at radius 3 is 2.55 bits per heavy atom. The van der Waals surface area contributed by atoms with Crippen molar-refractivity contribution >= 4 is 41.6 Å². The molecule has 0 aliphatic carbocycles. The molecule has 0 aromatic heterocycles. The molecule has 0 radical (unpaired) electrons. The summed E-state index contributed by atoms with van der Waals surface area (Å²) in [6.45, 7) is 0. The van der Waals surface area contributed by atoms with Gasteiger partial charge in [-0.3, -0.25) is 19.3 Å². The van der Waals surface area contributed by atoms with Crippen LogP contribution in [0.25, 0.3) is 0 Å². The Balaban J connectivity index is 2.12. The molecule has 2 rings (SSSR count). The van der Waals surface area contributed by atoms with Gasteiger partial charge < -0.3 is 36.5 Å². The number of carbonyl (C=O) groups is 5. The maximum Gasteiger partial charge on any atom is 0.409 e. The number of hydrogen-bond acceptors (Lipinski definition) is 9. The van der Waals surface area contributed by atoms with Crippen LogP contribution in [0, 0.1) is 0 Å². The van der Waals surface area contributed by atoms with Crippen LogP contribution in [-0.4, -0.2) is 75.0 Å². The number of hydrogen-bond donors (Lipinski definition) is 5. The average molecular weight is 432 g/mol. The van der Waals surface area contributed by atoms with Crippen molar-refractivity contribution in [3.63, 3.8) is 0 Å². The zero-order valence-corrected chi connectivity index (χ0v) is 16.1. The summed E-state index contributed by atoms with van der Waals surface area (Å²) in [6, 6.07) is -1.11. The first kappa shape index (κ1) is 22.4. The third-order valence-corrected chi connectivity index (χ3v) is 5.59. The Bertz CT molecular complexity index is 786. The van der Waals surface area contributed by atoms with Crippen LogP contribution in [0.2, 0.25) is 0 Å². The molecule has 13 nitrogen and oxygen atoms in total. The van der Waals surface area contributed by atoms with Gasteiger partial charge in [-0.25, -0.2) is 9.59 Å². The highest BCUT2D eigenvalue weighted by atomic mass is 32.2. The highest BCUT2D eigenvalue weighted by molar-refractivity contribution is 8.00. The number of ether oxygens (including phenoxy) is 2. The number of β-lactam (4-membered cyclic amide) rings is 1. The fraction of sp³-hybridized carbons (Fsp3) is 0.533. The number of carbonyl (C=O) groups excluding carboxylic acids is 3. The number of carboxylic acid groups (broad SMARTS) is 2. The number of nitrogens with one attached hydrogen (secondary N) is 1. The van der Waals surface area contributed by atoms with E-state index in [1.54, 1.807) is 0 Å². The summed E-state index contributed by atoms with van der Waals surface area (Å²) in [5.74, 6) is -4.57. The van der Waals surface area contributed by atoms with E-state index in [0.29, 0.717) is 0 Å². The third kappa shape index (κ3) is 4.28. The summed E-state index contributed by atoms with van der Waals surface area (Å²) in [7, 11) is 1.18. The Labute approximate surface area is 168 Å². The molecule has 0 saturated carbocycles. The van der Waals surface area contributed by atoms with Crippen LogP contribution in [0.1, 0.15) is 19.3 Å². The smallest absolute Gasteiger partial charge is 0.409 e. The SMILES string of the molecule is CO[C@@]1(NC(=O)CCC[C@@H](N)C(=O)O)C(=O)N2C(C(=O)O)=C(OC(N)=O)CS[C@@H]21. The van der Waals surface area contributed by atoms with E-state index in [1.807, 2.05) is 0 Å². The fourth-order valence-corrected chi connectivity index (χ4v) is 4.27. The van der Waals surface area contributed by atoms with E-state index < -0.39 is 52.7 Å². The van der Waals surface area contributed by atoms with Crippen LogP contribution in [0.4, 0.5) is 4.79 Å². The molecule has 29 heavy (non-hydrogen) atoms. The molecule has 3 atom stereocenters. The van der Waals surface area contributed by atoms with Gasteiger partial charge in [0.25, 0.3) is 11.6 Å². The second-order valence-corrected chi connectivity index (χ2v) is 7.23. The standard InChI is InChI=1S/C15H20N4O9S/c1-27-15(18-8(20)4-2-3-6(16)10(21)22)12(25)19-9(11(23)24)7(28-14(17)26)5-29-13(15)19/h6,13H,2-5,16H2,1H3,(H2,17,26)(H,18,20)(H,21,22)(H,23,24)/t6-,13-,15+/m1/s1. The lowest BCUT2D eigenvalue weighted by Crippen LogP contribution is -2.80. The van der Waals surface area contributed by atoms with E-state index in [9.17, 15) is 29.1 Å². The van der Waals surface area contributed by atoms with Crippen LogP contribution in [-0.2, 0) is 28.7 Å². The summed E-state index contributed by atoms with van der Waals surface area (Å²) < 4.78 is 9.90. The summed E-state index contributed by atoms with van der Waals surface area (Å²) in [4.78, 5) is 59.0. The third-order valence-electron chi connectivity index (χ3n) is 4.31. The molecule has 0 spiro atoms. The van der Waals surface area contributed by atoms with Gasteiger partial charge in [0.05, 0.1) is 5.75 Å². The topological polar surface area (TPSA) is 212 Å². The molecule has 1 fully saturated rings. The Kier molecular flexibility index (Phi) is 6.71. The van der Waals surface area contributed by atoms with Crippen LogP contribution >= 0.6 is 11.8 Å². The first-order chi connectivity index (χ1) is 13.5. The fourth-order valence-electron chi connectivity index (χ4n) is 2.93.